The number of carbonyl (C=O) groups is 1. The average Bonchev–Trinajstić information content (AvgIpc) is 2.82. The number of aromatic nitrogens is 3. The zero-order valence-corrected chi connectivity index (χ0v) is 17.9. The van der Waals surface area contributed by atoms with Crippen LogP contribution in [0.5, 0.6) is 11.5 Å². The summed E-state index contributed by atoms with van der Waals surface area (Å²) in [6.45, 7) is 0.311. The van der Waals surface area contributed by atoms with Gasteiger partial charge in [-0.25, -0.2) is 9.78 Å². The van der Waals surface area contributed by atoms with Gasteiger partial charge in [-0.05, 0) is 42.3 Å². The van der Waals surface area contributed by atoms with Crippen molar-refractivity contribution < 1.29 is 19.0 Å². The second-order valence-electron chi connectivity index (χ2n) is 7.07. The molecule has 0 atom stereocenters. The van der Waals surface area contributed by atoms with Crippen LogP contribution in [0, 0.1) is 5.41 Å². The summed E-state index contributed by atoms with van der Waals surface area (Å²) in [5.41, 5.74) is 1.33. The van der Waals surface area contributed by atoms with Crippen molar-refractivity contribution in [2.75, 3.05) is 21.3 Å². The van der Waals surface area contributed by atoms with Crippen molar-refractivity contribution in [2.24, 2.45) is 0 Å². The number of carbonyl (C=O) groups excluding carboxylic acids is 1. The fraction of sp³-hybridized carbons (Fsp3) is 0.217. The van der Waals surface area contributed by atoms with Gasteiger partial charge in [0.1, 0.15) is 22.3 Å². The lowest BCUT2D eigenvalue weighted by Crippen LogP contribution is -2.31. The van der Waals surface area contributed by atoms with Crippen molar-refractivity contribution in [3.05, 3.63) is 75.6 Å². The molecule has 0 saturated carbocycles. The van der Waals surface area contributed by atoms with Crippen molar-refractivity contribution in [2.45, 2.75) is 13.0 Å². The number of hydrogen-bond acceptors (Lipinski definition) is 7. The molecule has 0 amide bonds. The Hall–Kier alpha value is -4.14. The Bertz CT molecular complexity index is 1460. The van der Waals surface area contributed by atoms with E-state index in [0.717, 1.165) is 5.56 Å². The van der Waals surface area contributed by atoms with E-state index in [4.69, 9.17) is 19.6 Å². The lowest BCUT2D eigenvalue weighted by atomic mass is 10.1. The van der Waals surface area contributed by atoms with E-state index in [0.29, 0.717) is 35.8 Å². The topological polar surface area (TPSA) is 108 Å². The summed E-state index contributed by atoms with van der Waals surface area (Å²) < 4.78 is 18.5. The summed E-state index contributed by atoms with van der Waals surface area (Å²) in [4.78, 5) is 30.0. The number of nitrogens with zero attached hydrogens (tertiary/aromatic N) is 3. The van der Waals surface area contributed by atoms with Gasteiger partial charge in [0.2, 0.25) is 0 Å². The lowest BCUT2D eigenvalue weighted by molar-refractivity contribution is 0.0597. The van der Waals surface area contributed by atoms with E-state index in [1.165, 1.54) is 17.6 Å². The summed E-state index contributed by atoms with van der Waals surface area (Å²) in [5.74, 6) is 0.523. The van der Waals surface area contributed by atoms with Crippen LogP contribution >= 0.6 is 0 Å². The van der Waals surface area contributed by atoms with Crippen LogP contribution in [0.15, 0.2) is 53.5 Å². The Morgan fingerprint density at radius 1 is 1.06 bits per heavy atom. The summed E-state index contributed by atoms with van der Waals surface area (Å²) >= 11 is 0. The molecular formula is C23H22N4O5. The van der Waals surface area contributed by atoms with Crippen LogP contribution in [0.3, 0.4) is 0 Å². The maximum absolute atomic E-state index is 13.1. The van der Waals surface area contributed by atoms with Crippen molar-refractivity contribution in [3.8, 4) is 11.5 Å². The van der Waals surface area contributed by atoms with E-state index in [2.05, 4.69) is 4.98 Å². The Morgan fingerprint density at radius 2 is 1.84 bits per heavy atom. The van der Waals surface area contributed by atoms with Crippen molar-refractivity contribution in [3.63, 3.8) is 0 Å². The van der Waals surface area contributed by atoms with Crippen LogP contribution in [-0.4, -0.2) is 41.3 Å². The Balaban J connectivity index is 1.89. The molecule has 1 aromatic carbocycles. The summed E-state index contributed by atoms with van der Waals surface area (Å²) in [5, 5.41) is 8.85. The number of hydrogen-bond donors (Lipinski definition) is 1. The fourth-order valence-electron chi connectivity index (χ4n) is 3.65. The second-order valence-corrected chi connectivity index (χ2v) is 7.07. The van der Waals surface area contributed by atoms with Gasteiger partial charge in [0, 0.05) is 12.7 Å². The third-order valence-corrected chi connectivity index (χ3v) is 5.30. The highest BCUT2D eigenvalue weighted by molar-refractivity contribution is 5.93. The molecular weight excluding hydrogens is 412 g/mol. The number of fused-ring (bicyclic) bond motifs is 2. The quantitative estimate of drug-likeness (QED) is 0.368. The normalized spacial score (nSPS) is 11.0. The van der Waals surface area contributed by atoms with Crippen LogP contribution in [0.4, 0.5) is 0 Å². The molecule has 0 spiro atoms. The lowest BCUT2D eigenvalue weighted by Gasteiger charge is -2.15. The molecule has 0 aliphatic carbocycles. The zero-order valence-electron chi connectivity index (χ0n) is 17.9. The number of methoxy groups -OCH3 is 3. The highest BCUT2D eigenvalue weighted by atomic mass is 16.5. The molecule has 0 radical (unpaired) electrons. The molecule has 9 nitrogen and oxygen atoms in total. The Kier molecular flexibility index (Phi) is 5.63. The predicted octanol–water partition coefficient (Wildman–Crippen LogP) is 2.18. The molecule has 0 unspecified atom stereocenters. The van der Waals surface area contributed by atoms with E-state index in [9.17, 15) is 9.59 Å². The minimum Gasteiger partial charge on any atom is -0.493 e. The number of rotatable bonds is 6. The van der Waals surface area contributed by atoms with E-state index in [-0.39, 0.29) is 22.0 Å². The third kappa shape index (κ3) is 3.58. The van der Waals surface area contributed by atoms with Crippen LogP contribution in [0.25, 0.3) is 16.7 Å². The molecule has 0 bridgehead atoms. The molecule has 4 aromatic rings. The maximum Gasteiger partial charge on any atom is 0.341 e. The molecule has 4 rings (SSSR count). The third-order valence-electron chi connectivity index (χ3n) is 5.30. The number of aryl methyl sites for hydroxylation is 2. The molecule has 3 aromatic heterocycles. The summed E-state index contributed by atoms with van der Waals surface area (Å²) in [6, 6.07) is 12.2. The van der Waals surface area contributed by atoms with Gasteiger partial charge in [-0.3, -0.25) is 14.6 Å². The van der Waals surface area contributed by atoms with Crippen LogP contribution in [0.1, 0.15) is 15.9 Å². The first-order chi connectivity index (χ1) is 15.5. The van der Waals surface area contributed by atoms with Crippen LogP contribution in [0.2, 0.25) is 0 Å². The molecule has 9 heteroatoms. The van der Waals surface area contributed by atoms with Gasteiger partial charge in [-0.15, -0.1) is 0 Å². The molecule has 1 N–H and O–H groups in total. The maximum atomic E-state index is 13.1. The SMILES string of the molecule is COC(=O)c1cc2c(=O)n3ccccc3nc2n(CCc2ccc(OC)c(OC)c2)c1=N. The van der Waals surface area contributed by atoms with E-state index in [1.807, 2.05) is 18.2 Å². The van der Waals surface area contributed by atoms with Crippen molar-refractivity contribution in [1.82, 2.24) is 14.0 Å². The Labute approximate surface area is 182 Å². The van der Waals surface area contributed by atoms with E-state index in [1.54, 1.807) is 43.2 Å². The van der Waals surface area contributed by atoms with Gasteiger partial charge in [0.15, 0.2) is 11.5 Å². The molecule has 0 fully saturated rings. The standard InChI is InChI=1S/C23H22N4O5/c1-30-17-8-7-14(12-18(17)31-2)9-11-27-20(24)15(23(29)32-3)13-16-21(27)25-19-6-4-5-10-26(19)22(16)28/h4-8,10,12-13,24H,9,11H2,1-3H3. The highest BCUT2D eigenvalue weighted by Crippen LogP contribution is 2.27. The number of pyridine rings is 2. The first kappa shape index (κ1) is 21.1. The molecule has 0 aliphatic heterocycles. The number of ether oxygens (including phenoxy) is 3. The smallest absolute Gasteiger partial charge is 0.341 e. The van der Waals surface area contributed by atoms with Crippen molar-refractivity contribution in [1.29, 1.82) is 5.41 Å². The van der Waals surface area contributed by atoms with Gasteiger partial charge in [0.05, 0.1) is 26.7 Å². The zero-order chi connectivity index (χ0) is 22.8. The van der Waals surface area contributed by atoms with Gasteiger partial charge >= 0.3 is 5.97 Å². The predicted molar refractivity (Wildman–Crippen MR) is 117 cm³/mol. The van der Waals surface area contributed by atoms with Crippen LogP contribution in [-0.2, 0) is 17.7 Å². The average molecular weight is 434 g/mol. The monoisotopic (exact) mass is 434 g/mol. The molecule has 0 aliphatic rings. The van der Waals surface area contributed by atoms with Gasteiger partial charge < -0.3 is 18.8 Å². The molecule has 0 saturated heterocycles. The molecule has 3 heterocycles. The minimum atomic E-state index is -0.686. The van der Waals surface area contributed by atoms with E-state index < -0.39 is 5.97 Å². The number of nitrogens with one attached hydrogen (secondary N) is 1. The largest absolute Gasteiger partial charge is 0.493 e. The number of esters is 1. The van der Waals surface area contributed by atoms with Gasteiger partial charge in [-0.1, -0.05) is 12.1 Å². The number of benzene rings is 1. The van der Waals surface area contributed by atoms with Crippen LogP contribution < -0.4 is 20.5 Å². The molecule has 164 valence electrons. The minimum absolute atomic E-state index is 0.00194. The van der Waals surface area contributed by atoms with Crippen molar-refractivity contribution >= 4 is 22.6 Å². The fourth-order valence-corrected chi connectivity index (χ4v) is 3.65. The van der Waals surface area contributed by atoms with Gasteiger partial charge in [0.25, 0.3) is 5.56 Å². The first-order valence-electron chi connectivity index (χ1n) is 9.87. The summed E-state index contributed by atoms with van der Waals surface area (Å²) in [6.07, 6.45) is 2.12. The summed E-state index contributed by atoms with van der Waals surface area (Å²) in [7, 11) is 4.37. The van der Waals surface area contributed by atoms with E-state index >= 15 is 0 Å². The van der Waals surface area contributed by atoms with Gasteiger partial charge in [-0.2, -0.15) is 0 Å². The first-order valence-corrected chi connectivity index (χ1v) is 9.87. The Morgan fingerprint density at radius 3 is 2.56 bits per heavy atom. The highest BCUT2D eigenvalue weighted by Gasteiger charge is 2.18. The second kappa shape index (κ2) is 8.54. The molecule has 32 heavy (non-hydrogen) atoms.